The van der Waals surface area contributed by atoms with E-state index in [4.69, 9.17) is 18.9 Å². The molecule has 6 N–H and O–H groups in total. The molecule has 3 amide bonds. The van der Waals surface area contributed by atoms with Gasteiger partial charge in [-0.15, -0.1) is 10.2 Å². The standard InChI is InChI=1S/C33H55N7O15S/c1-2-52-17-18-53-15-4-6-25(41)11-12-27(33(48)49)35-30(44)13-10-24(32(46)47)22-26(42)23-55-20-19-54-16-14-34-29(43)9-5-21-56(50,51)38-31(45)8-3-7-28-36-39-40-37-28/h24,27H,2-23H2,1H3,(H,34,43)(H,35,44)(H,38,45)(H,46,47)(H,48,49)(H,36,37,39,40). The molecule has 0 saturated heterocycles. The first-order chi connectivity index (χ1) is 26.7. The summed E-state index contributed by atoms with van der Waals surface area (Å²) in [5.74, 6) is -6.41. The van der Waals surface area contributed by atoms with Gasteiger partial charge >= 0.3 is 11.9 Å². The van der Waals surface area contributed by atoms with Crippen molar-refractivity contribution in [1.82, 2.24) is 36.0 Å². The van der Waals surface area contributed by atoms with Crippen molar-refractivity contribution in [2.45, 2.75) is 90.0 Å². The summed E-state index contributed by atoms with van der Waals surface area (Å²) in [5, 5.41) is 37.0. The van der Waals surface area contributed by atoms with Gasteiger partial charge in [0.25, 0.3) is 0 Å². The number of rotatable bonds is 36. The largest absolute Gasteiger partial charge is 0.481 e. The topological polar surface area (TPSA) is 322 Å². The highest BCUT2D eigenvalue weighted by Gasteiger charge is 2.25. The van der Waals surface area contributed by atoms with Crippen LogP contribution in [0.2, 0.25) is 0 Å². The van der Waals surface area contributed by atoms with E-state index in [1.165, 1.54) is 0 Å². The number of nitrogens with one attached hydrogen (secondary N) is 4. The molecule has 0 bridgehead atoms. The van der Waals surface area contributed by atoms with Crippen LogP contribution in [-0.2, 0) is 69.0 Å². The number of carboxylic acid groups (broad SMARTS) is 2. The highest BCUT2D eigenvalue weighted by Crippen LogP contribution is 2.13. The van der Waals surface area contributed by atoms with Gasteiger partial charge < -0.3 is 39.8 Å². The molecule has 0 aromatic carbocycles. The molecule has 56 heavy (non-hydrogen) atoms. The average molecular weight is 822 g/mol. The number of carbonyl (C=O) groups is 7. The Morgan fingerprint density at radius 2 is 1.43 bits per heavy atom. The van der Waals surface area contributed by atoms with Crippen molar-refractivity contribution in [3.8, 4) is 0 Å². The van der Waals surface area contributed by atoms with Gasteiger partial charge in [-0.2, -0.15) is 5.21 Å². The maximum atomic E-state index is 12.4. The molecular weight excluding hydrogens is 766 g/mol. The van der Waals surface area contributed by atoms with Crippen molar-refractivity contribution < 1.29 is 71.1 Å². The van der Waals surface area contributed by atoms with Crippen LogP contribution in [0, 0.1) is 5.92 Å². The Labute approximate surface area is 324 Å². The van der Waals surface area contributed by atoms with Crippen LogP contribution in [0.1, 0.15) is 83.4 Å². The van der Waals surface area contributed by atoms with Crippen molar-refractivity contribution in [1.29, 1.82) is 0 Å². The molecule has 2 unspecified atom stereocenters. The van der Waals surface area contributed by atoms with Crippen LogP contribution in [0.4, 0.5) is 0 Å². The molecule has 1 heterocycles. The first-order valence-electron chi connectivity index (χ1n) is 18.3. The fraction of sp³-hybridized carbons (Fsp3) is 0.758. The fourth-order valence-electron chi connectivity index (χ4n) is 4.79. The molecule has 0 radical (unpaired) electrons. The van der Waals surface area contributed by atoms with Crippen LogP contribution >= 0.6 is 0 Å². The fourth-order valence-corrected chi connectivity index (χ4v) is 5.87. The zero-order valence-corrected chi connectivity index (χ0v) is 32.5. The predicted molar refractivity (Wildman–Crippen MR) is 193 cm³/mol. The van der Waals surface area contributed by atoms with Crippen LogP contribution in [0.5, 0.6) is 0 Å². The van der Waals surface area contributed by atoms with E-state index in [2.05, 4.69) is 31.3 Å². The summed E-state index contributed by atoms with van der Waals surface area (Å²) in [4.78, 5) is 84.0. The van der Waals surface area contributed by atoms with Gasteiger partial charge in [-0.05, 0) is 39.0 Å². The molecular formula is C33H55N7O15S. The Balaban J connectivity index is 2.17. The lowest BCUT2D eigenvalue weighted by Gasteiger charge is -2.16. The number of sulfonamides is 1. The first-order valence-corrected chi connectivity index (χ1v) is 20.0. The summed E-state index contributed by atoms with van der Waals surface area (Å²) in [6.45, 7) is 3.50. The Morgan fingerprint density at radius 3 is 2.11 bits per heavy atom. The van der Waals surface area contributed by atoms with Gasteiger partial charge in [0.1, 0.15) is 18.4 Å². The lowest BCUT2D eigenvalue weighted by atomic mass is 9.97. The molecule has 318 valence electrons. The van der Waals surface area contributed by atoms with Crippen LogP contribution in [0.15, 0.2) is 0 Å². The van der Waals surface area contributed by atoms with E-state index in [0.717, 1.165) is 0 Å². The number of nitrogens with zero attached hydrogens (tertiary/aromatic N) is 3. The molecule has 1 rings (SSSR count). The normalized spacial score (nSPS) is 12.4. The minimum atomic E-state index is -3.91. The van der Waals surface area contributed by atoms with Gasteiger partial charge in [0.2, 0.25) is 27.7 Å². The van der Waals surface area contributed by atoms with Crippen molar-refractivity contribution in [3.05, 3.63) is 5.82 Å². The highest BCUT2D eigenvalue weighted by atomic mass is 32.2. The molecule has 22 nitrogen and oxygen atoms in total. The molecule has 23 heteroatoms. The third-order valence-electron chi connectivity index (χ3n) is 7.69. The minimum absolute atomic E-state index is 0.0121. The van der Waals surface area contributed by atoms with Crippen molar-refractivity contribution in [2.75, 3.05) is 65.2 Å². The number of amides is 3. The number of tetrazole rings is 1. The van der Waals surface area contributed by atoms with Crippen LogP contribution in [0.3, 0.4) is 0 Å². The summed E-state index contributed by atoms with van der Waals surface area (Å²) in [6.07, 6.45) is -0.0366. The molecule has 1 aromatic rings. The number of hydrogen-bond donors (Lipinski definition) is 6. The Morgan fingerprint density at radius 1 is 0.732 bits per heavy atom. The van der Waals surface area contributed by atoms with Gasteiger partial charge in [-0.25, -0.2) is 13.2 Å². The number of H-pyrrole nitrogens is 1. The maximum absolute atomic E-state index is 12.4. The smallest absolute Gasteiger partial charge is 0.326 e. The van der Waals surface area contributed by atoms with E-state index in [9.17, 15) is 52.2 Å². The van der Waals surface area contributed by atoms with Crippen LogP contribution < -0.4 is 15.4 Å². The quantitative estimate of drug-likeness (QED) is 0.0446. The number of carbonyl (C=O) groups excluding carboxylic acids is 5. The van der Waals surface area contributed by atoms with Gasteiger partial charge in [0.05, 0.1) is 44.7 Å². The van der Waals surface area contributed by atoms with E-state index >= 15 is 0 Å². The summed E-state index contributed by atoms with van der Waals surface area (Å²) in [6, 6.07) is -1.34. The van der Waals surface area contributed by atoms with Gasteiger partial charge in [-0.3, -0.25) is 33.5 Å². The monoisotopic (exact) mass is 821 g/mol. The van der Waals surface area contributed by atoms with Crippen LogP contribution in [-0.4, -0.2) is 152 Å². The van der Waals surface area contributed by atoms with Crippen molar-refractivity contribution in [2.24, 2.45) is 5.92 Å². The Kier molecular flexibility index (Phi) is 26.4. The van der Waals surface area contributed by atoms with E-state index in [1.807, 2.05) is 11.6 Å². The second-order valence-corrected chi connectivity index (χ2v) is 14.3. The minimum Gasteiger partial charge on any atom is -0.481 e. The second kappa shape index (κ2) is 29.8. The molecule has 0 aliphatic rings. The Bertz CT molecular complexity index is 1460. The van der Waals surface area contributed by atoms with Crippen molar-refractivity contribution in [3.63, 3.8) is 0 Å². The molecule has 0 spiro atoms. The third-order valence-corrected chi connectivity index (χ3v) is 9.06. The zero-order valence-electron chi connectivity index (χ0n) is 31.7. The summed E-state index contributed by atoms with van der Waals surface area (Å²) in [7, 11) is -3.91. The zero-order chi connectivity index (χ0) is 41.6. The lowest BCUT2D eigenvalue weighted by molar-refractivity contribution is -0.145. The SMILES string of the molecule is CCOCCOCCCC(=O)CCC(NC(=O)CCC(CC(=O)COCCOCCNC(=O)CCCS(=O)(=O)NC(=O)CCCc1nn[nH]n1)C(=O)O)C(=O)O. The number of aromatic amines is 1. The van der Waals surface area contributed by atoms with Gasteiger partial charge in [0.15, 0.2) is 11.6 Å². The number of ether oxygens (including phenoxy) is 4. The van der Waals surface area contributed by atoms with Gasteiger partial charge in [0, 0.05) is 64.7 Å². The number of aromatic nitrogens is 4. The first kappa shape index (κ1) is 49.6. The molecule has 1 aromatic heterocycles. The average Bonchev–Trinajstić information content (AvgIpc) is 3.65. The van der Waals surface area contributed by atoms with Crippen molar-refractivity contribution >= 4 is 51.2 Å². The Hall–Kier alpha value is -4.45. The van der Waals surface area contributed by atoms with E-state index in [0.29, 0.717) is 51.5 Å². The summed E-state index contributed by atoms with van der Waals surface area (Å²) in [5.41, 5.74) is 0. The molecule has 0 aliphatic heterocycles. The molecule has 0 aliphatic carbocycles. The number of aryl methyl sites for hydroxylation is 1. The van der Waals surface area contributed by atoms with Crippen LogP contribution in [0.25, 0.3) is 0 Å². The predicted octanol–water partition coefficient (Wildman–Crippen LogP) is -0.910. The van der Waals surface area contributed by atoms with E-state index in [-0.39, 0.29) is 83.5 Å². The maximum Gasteiger partial charge on any atom is 0.326 e. The number of carboxylic acids is 2. The van der Waals surface area contributed by atoms with E-state index < -0.39 is 76.2 Å². The highest BCUT2D eigenvalue weighted by molar-refractivity contribution is 7.90. The summed E-state index contributed by atoms with van der Waals surface area (Å²) < 4.78 is 47.1. The number of aliphatic carboxylic acids is 2. The number of hydrogen-bond acceptors (Lipinski definition) is 16. The second-order valence-electron chi connectivity index (χ2n) is 12.4. The number of ketones is 2. The number of Topliss-reactive ketones (excluding diaryl/α,β-unsaturated/α-hetero) is 2. The summed E-state index contributed by atoms with van der Waals surface area (Å²) >= 11 is 0. The molecule has 2 atom stereocenters. The third kappa shape index (κ3) is 26.4. The molecule has 0 fully saturated rings. The molecule has 0 saturated carbocycles. The van der Waals surface area contributed by atoms with Gasteiger partial charge in [-0.1, -0.05) is 5.21 Å². The lowest BCUT2D eigenvalue weighted by Crippen LogP contribution is -2.41. The van der Waals surface area contributed by atoms with E-state index in [1.54, 1.807) is 0 Å².